The minimum atomic E-state index is 0.506. The van der Waals surface area contributed by atoms with Crippen molar-refractivity contribution in [3.63, 3.8) is 0 Å². The summed E-state index contributed by atoms with van der Waals surface area (Å²) >= 11 is 1.86. The Kier molecular flexibility index (Phi) is 3.56. The molecule has 0 aromatic carbocycles. The summed E-state index contributed by atoms with van der Waals surface area (Å²) in [5.74, 6) is 2.86. The van der Waals surface area contributed by atoms with E-state index >= 15 is 0 Å². The number of hydrogen-bond donors (Lipinski definition) is 1. The third-order valence-electron chi connectivity index (χ3n) is 4.20. The molecule has 0 unspecified atom stereocenters. The molecule has 1 spiro atoms. The fourth-order valence-corrected chi connectivity index (χ4v) is 4.01. The molecular formula is C14H21N3OS. The minimum absolute atomic E-state index is 0.506. The average Bonchev–Trinajstić information content (AvgIpc) is 2.98. The Morgan fingerprint density at radius 2 is 2.11 bits per heavy atom. The molecule has 0 amide bonds. The first-order chi connectivity index (χ1) is 9.17. The van der Waals surface area contributed by atoms with E-state index in [1.54, 1.807) is 0 Å². The van der Waals surface area contributed by atoms with Gasteiger partial charge in [-0.2, -0.15) is 0 Å². The van der Waals surface area contributed by atoms with Crippen LogP contribution in [-0.2, 0) is 6.54 Å². The van der Waals surface area contributed by atoms with Gasteiger partial charge in [0.05, 0.1) is 12.2 Å². The quantitative estimate of drug-likeness (QED) is 0.904. The zero-order chi connectivity index (χ0) is 13.3. The molecule has 1 saturated carbocycles. The largest absolute Gasteiger partial charge is 0.444 e. The standard InChI is InChI=1S/C14H21N3OS/c1-10-11(2)18-12(17-10)7-15-13-16-8-14(9-19-13)5-3-4-6-14/h3-9H2,1-2H3,(H,15,16). The maximum Gasteiger partial charge on any atom is 0.213 e. The summed E-state index contributed by atoms with van der Waals surface area (Å²) in [6, 6.07) is 0. The lowest BCUT2D eigenvalue weighted by molar-refractivity contribution is 0.358. The van der Waals surface area contributed by atoms with Gasteiger partial charge in [-0.15, -0.1) is 0 Å². The molecule has 1 aliphatic heterocycles. The van der Waals surface area contributed by atoms with Crippen LogP contribution in [0.5, 0.6) is 0 Å². The van der Waals surface area contributed by atoms with Crippen LogP contribution in [-0.4, -0.2) is 22.4 Å². The third-order valence-corrected chi connectivity index (χ3v) is 5.50. The molecule has 5 heteroatoms. The second-order valence-corrected chi connectivity index (χ2v) is 6.68. The van der Waals surface area contributed by atoms with Crippen molar-refractivity contribution in [2.24, 2.45) is 10.4 Å². The highest BCUT2D eigenvalue weighted by Crippen LogP contribution is 2.43. The summed E-state index contributed by atoms with van der Waals surface area (Å²) in [4.78, 5) is 9.08. The molecule has 1 aliphatic carbocycles. The molecule has 3 rings (SSSR count). The van der Waals surface area contributed by atoms with Gasteiger partial charge in [-0.3, -0.25) is 4.99 Å². The molecule has 0 atom stereocenters. The lowest BCUT2D eigenvalue weighted by Gasteiger charge is -2.30. The normalized spacial score (nSPS) is 21.7. The lowest BCUT2D eigenvalue weighted by atomic mass is 9.89. The van der Waals surface area contributed by atoms with Crippen molar-refractivity contribution in [3.05, 3.63) is 17.3 Å². The minimum Gasteiger partial charge on any atom is -0.444 e. The first-order valence-electron chi connectivity index (χ1n) is 7.01. The van der Waals surface area contributed by atoms with Crippen molar-refractivity contribution >= 4 is 16.9 Å². The summed E-state index contributed by atoms with van der Waals surface area (Å²) < 4.78 is 5.56. The predicted molar refractivity (Wildman–Crippen MR) is 78.5 cm³/mol. The Balaban J connectivity index is 1.55. The number of aliphatic imine (C=N–C) groups is 1. The molecule has 2 aliphatic rings. The van der Waals surface area contributed by atoms with E-state index in [0.29, 0.717) is 12.0 Å². The molecule has 1 fully saturated rings. The Morgan fingerprint density at radius 3 is 2.68 bits per heavy atom. The van der Waals surface area contributed by atoms with Crippen molar-refractivity contribution in [2.75, 3.05) is 12.3 Å². The summed E-state index contributed by atoms with van der Waals surface area (Å²) in [6.07, 6.45) is 5.48. The van der Waals surface area contributed by atoms with Gasteiger partial charge >= 0.3 is 0 Å². The highest BCUT2D eigenvalue weighted by Gasteiger charge is 2.36. The van der Waals surface area contributed by atoms with Gasteiger partial charge in [0, 0.05) is 12.3 Å². The number of aromatic nitrogens is 1. The number of aryl methyl sites for hydroxylation is 2. The van der Waals surface area contributed by atoms with Gasteiger partial charge in [0.1, 0.15) is 5.76 Å². The number of amidine groups is 1. The van der Waals surface area contributed by atoms with Gasteiger partial charge < -0.3 is 9.73 Å². The van der Waals surface area contributed by atoms with Crippen LogP contribution in [0.3, 0.4) is 0 Å². The van der Waals surface area contributed by atoms with Gasteiger partial charge in [0.25, 0.3) is 0 Å². The lowest BCUT2D eigenvalue weighted by Crippen LogP contribution is -2.33. The summed E-state index contributed by atoms with van der Waals surface area (Å²) in [5, 5.41) is 4.39. The molecule has 1 aromatic rings. The zero-order valence-corrected chi connectivity index (χ0v) is 12.5. The van der Waals surface area contributed by atoms with Crippen molar-refractivity contribution in [1.82, 2.24) is 10.3 Å². The number of rotatable bonds is 2. The summed E-state index contributed by atoms with van der Waals surface area (Å²) in [7, 11) is 0. The van der Waals surface area contributed by atoms with Crippen LogP contribution in [0.4, 0.5) is 0 Å². The van der Waals surface area contributed by atoms with Crippen LogP contribution in [0, 0.1) is 19.3 Å². The van der Waals surface area contributed by atoms with E-state index in [1.165, 1.54) is 31.4 Å². The van der Waals surface area contributed by atoms with Crippen LogP contribution >= 0.6 is 11.8 Å². The van der Waals surface area contributed by atoms with Gasteiger partial charge in [-0.25, -0.2) is 4.98 Å². The van der Waals surface area contributed by atoms with Gasteiger partial charge in [0.15, 0.2) is 5.17 Å². The maximum absolute atomic E-state index is 5.56. The van der Waals surface area contributed by atoms with Crippen LogP contribution in [0.2, 0.25) is 0 Å². The van der Waals surface area contributed by atoms with Crippen LogP contribution in [0.15, 0.2) is 9.41 Å². The van der Waals surface area contributed by atoms with Crippen molar-refractivity contribution in [1.29, 1.82) is 0 Å². The molecule has 1 N–H and O–H groups in total. The monoisotopic (exact) mass is 279 g/mol. The number of nitrogens with zero attached hydrogens (tertiary/aromatic N) is 2. The molecule has 0 saturated heterocycles. The second-order valence-electron chi connectivity index (χ2n) is 5.72. The Morgan fingerprint density at radius 1 is 1.32 bits per heavy atom. The van der Waals surface area contributed by atoms with Crippen LogP contribution in [0.25, 0.3) is 0 Å². The Hall–Kier alpha value is -0.970. The Bertz CT molecular complexity index is 469. The van der Waals surface area contributed by atoms with Crippen molar-refractivity contribution < 1.29 is 4.42 Å². The smallest absolute Gasteiger partial charge is 0.213 e. The number of oxazole rings is 1. The van der Waals surface area contributed by atoms with Gasteiger partial charge in [-0.05, 0) is 32.1 Å². The van der Waals surface area contributed by atoms with Gasteiger partial charge in [-0.1, -0.05) is 24.6 Å². The number of nitrogens with one attached hydrogen (secondary N) is 1. The molecule has 1 aromatic heterocycles. The van der Waals surface area contributed by atoms with Crippen molar-refractivity contribution in [2.45, 2.75) is 46.1 Å². The van der Waals surface area contributed by atoms with E-state index in [-0.39, 0.29) is 0 Å². The van der Waals surface area contributed by atoms with E-state index in [1.807, 2.05) is 25.6 Å². The molecule has 4 nitrogen and oxygen atoms in total. The Labute approximate surface area is 118 Å². The maximum atomic E-state index is 5.56. The fourth-order valence-electron chi connectivity index (χ4n) is 2.85. The SMILES string of the molecule is Cc1nc(CNC2=NCC3(CCCC3)CS2)oc1C. The average molecular weight is 279 g/mol. The molecule has 19 heavy (non-hydrogen) atoms. The molecular weight excluding hydrogens is 258 g/mol. The van der Waals surface area contributed by atoms with E-state index in [0.717, 1.165) is 29.1 Å². The number of thioether (sulfide) groups is 1. The highest BCUT2D eigenvalue weighted by atomic mass is 32.2. The summed E-state index contributed by atoms with van der Waals surface area (Å²) in [6.45, 7) is 5.54. The molecule has 0 radical (unpaired) electrons. The van der Waals surface area contributed by atoms with E-state index in [4.69, 9.17) is 9.41 Å². The number of hydrogen-bond acceptors (Lipinski definition) is 5. The zero-order valence-electron chi connectivity index (χ0n) is 11.7. The molecule has 0 bridgehead atoms. The third kappa shape index (κ3) is 2.81. The van der Waals surface area contributed by atoms with Crippen molar-refractivity contribution in [3.8, 4) is 0 Å². The topological polar surface area (TPSA) is 50.4 Å². The second kappa shape index (κ2) is 5.19. The molecule has 2 heterocycles. The first-order valence-corrected chi connectivity index (χ1v) is 8.00. The molecule has 104 valence electrons. The van der Waals surface area contributed by atoms with E-state index < -0.39 is 0 Å². The predicted octanol–water partition coefficient (Wildman–Crippen LogP) is 3.04. The summed E-state index contributed by atoms with van der Waals surface area (Å²) in [5.41, 5.74) is 1.48. The van der Waals surface area contributed by atoms with Crippen LogP contribution in [0.1, 0.15) is 43.0 Å². The van der Waals surface area contributed by atoms with E-state index in [2.05, 4.69) is 10.3 Å². The fraction of sp³-hybridized carbons (Fsp3) is 0.714. The van der Waals surface area contributed by atoms with E-state index in [9.17, 15) is 0 Å². The van der Waals surface area contributed by atoms with Crippen LogP contribution < -0.4 is 5.32 Å². The first kappa shape index (κ1) is 13.0. The highest BCUT2D eigenvalue weighted by molar-refractivity contribution is 8.13. The van der Waals surface area contributed by atoms with Gasteiger partial charge in [0.2, 0.25) is 5.89 Å².